The van der Waals surface area contributed by atoms with E-state index in [1.165, 1.54) is 11.1 Å². The SMILES string of the molecule is NC1OC=CC=C1C(c1ccccc1)c1ccccc1. The lowest BCUT2D eigenvalue weighted by atomic mass is 9.83. The van der Waals surface area contributed by atoms with Crippen molar-refractivity contribution in [3.63, 3.8) is 0 Å². The van der Waals surface area contributed by atoms with E-state index in [1.807, 2.05) is 18.2 Å². The summed E-state index contributed by atoms with van der Waals surface area (Å²) < 4.78 is 5.44. The highest BCUT2D eigenvalue weighted by Gasteiger charge is 2.24. The van der Waals surface area contributed by atoms with Gasteiger partial charge in [-0.2, -0.15) is 0 Å². The average molecular weight is 263 g/mol. The van der Waals surface area contributed by atoms with Gasteiger partial charge in [0.2, 0.25) is 0 Å². The van der Waals surface area contributed by atoms with Crippen molar-refractivity contribution in [1.82, 2.24) is 0 Å². The normalized spacial score (nSPS) is 17.7. The second-order valence-corrected chi connectivity index (χ2v) is 4.81. The molecule has 1 heterocycles. The maximum atomic E-state index is 6.11. The lowest BCUT2D eigenvalue weighted by Gasteiger charge is -2.27. The molecule has 0 amide bonds. The van der Waals surface area contributed by atoms with Gasteiger partial charge in [0.15, 0.2) is 6.23 Å². The molecule has 0 saturated heterocycles. The van der Waals surface area contributed by atoms with Crippen LogP contribution in [0.5, 0.6) is 0 Å². The fraction of sp³-hybridized carbons (Fsp3) is 0.111. The van der Waals surface area contributed by atoms with E-state index in [-0.39, 0.29) is 5.92 Å². The minimum absolute atomic E-state index is 0.123. The molecule has 2 aromatic rings. The smallest absolute Gasteiger partial charge is 0.170 e. The third-order valence-electron chi connectivity index (χ3n) is 3.52. The van der Waals surface area contributed by atoms with Crippen LogP contribution in [0.2, 0.25) is 0 Å². The lowest BCUT2D eigenvalue weighted by molar-refractivity contribution is 0.173. The molecule has 2 nitrogen and oxygen atoms in total. The highest BCUT2D eigenvalue weighted by molar-refractivity contribution is 5.43. The van der Waals surface area contributed by atoms with Crippen LogP contribution in [0.1, 0.15) is 17.0 Å². The number of nitrogens with two attached hydrogens (primary N) is 1. The largest absolute Gasteiger partial charge is 0.479 e. The van der Waals surface area contributed by atoms with E-state index >= 15 is 0 Å². The molecule has 0 fully saturated rings. The van der Waals surface area contributed by atoms with Gasteiger partial charge in [0, 0.05) is 5.92 Å². The molecule has 2 aromatic carbocycles. The predicted octanol–water partition coefficient (Wildman–Crippen LogP) is 3.57. The van der Waals surface area contributed by atoms with Crippen LogP contribution in [-0.4, -0.2) is 6.23 Å². The van der Waals surface area contributed by atoms with Crippen molar-refractivity contribution < 1.29 is 4.74 Å². The first-order valence-electron chi connectivity index (χ1n) is 6.74. The number of hydrogen-bond acceptors (Lipinski definition) is 2. The van der Waals surface area contributed by atoms with Gasteiger partial charge in [-0.3, -0.25) is 5.73 Å². The van der Waals surface area contributed by atoms with Crippen LogP contribution in [-0.2, 0) is 4.74 Å². The number of rotatable bonds is 3. The van der Waals surface area contributed by atoms with Crippen LogP contribution < -0.4 is 5.73 Å². The first kappa shape index (κ1) is 12.7. The molecule has 1 aliphatic heterocycles. The molecule has 0 aromatic heterocycles. The van der Waals surface area contributed by atoms with Crippen molar-refractivity contribution in [3.8, 4) is 0 Å². The highest BCUT2D eigenvalue weighted by Crippen LogP contribution is 2.34. The topological polar surface area (TPSA) is 35.2 Å². The fourth-order valence-corrected chi connectivity index (χ4v) is 2.58. The number of ether oxygens (including phenoxy) is 1. The Bertz CT molecular complexity index is 577. The zero-order valence-electron chi connectivity index (χ0n) is 11.1. The molecule has 0 radical (unpaired) electrons. The van der Waals surface area contributed by atoms with Crippen LogP contribution >= 0.6 is 0 Å². The van der Waals surface area contributed by atoms with Crippen LogP contribution in [0.25, 0.3) is 0 Å². The Morgan fingerprint density at radius 1 is 0.850 bits per heavy atom. The van der Waals surface area contributed by atoms with Crippen molar-refractivity contribution >= 4 is 0 Å². The Labute approximate surface area is 119 Å². The number of benzene rings is 2. The molecule has 1 aliphatic rings. The summed E-state index contributed by atoms with van der Waals surface area (Å²) in [4.78, 5) is 0. The minimum Gasteiger partial charge on any atom is -0.479 e. The van der Waals surface area contributed by atoms with Gasteiger partial charge in [0.1, 0.15) is 0 Å². The molecule has 20 heavy (non-hydrogen) atoms. The van der Waals surface area contributed by atoms with E-state index in [4.69, 9.17) is 10.5 Å². The molecule has 0 aliphatic carbocycles. The molecule has 0 saturated carbocycles. The molecule has 100 valence electrons. The summed E-state index contributed by atoms with van der Waals surface area (Å²) in [6.07, 6.45) is 5.20. The van der Waals surface area contributed by atoms with E-state index in [2.05, 4.69) is 54.6 Å². The zero-order chi connectivity index (χ0) is 13.8. The highest BCUT2D eigenvalue weighted by atomic mass is 16.5. The first-order valence-corrected chi connectivity index (χ1v) is 6.74. The maximum absolute atomic E-state index is 6.11. The van der Waals surface area contributed by atoms with E-state index in [0.717, 1.165) is 5.57 Å². The van der Waals surface area contributed by atoms with Gasteiger partial charge in [0.25, 0.3) is 0 Å². The molecule has 3 rings (SSSR count). The molecular formula is C18H17NO. The van der Waals surface area contributed by atoms with Crippen LogP contribution in [0, 0.1) is 0 Å². The summed E-state index contributed by atoms with van der Waals surface area (Å²) >= 11 is 0. The van der Waals surface area contributed by atoms with Gasteiger partial charge in [-0.05, 0) is 22.8 Å². The Balaban J connectivity index is 2.09. The molecule has 1 atom stereocenters. The zero-order valence-corrected chi connectivity index (χ0v) is 11.1. The first-order chi connectivity index (χ1) is 9.86. The van der Waals surface area contributed by atoms with Gasteiger partial charge < -0.3 is 4.74 Å². The van der Waals surface area contributed by atoms with Crippen LogP contribution in [0.4, 0.5) is 0 Å². The lowest BCUT2D eigenvalue weighted by Crippen LogP contribution is -2.29. The third-order valence-corrected chi connectivity index (χ3v) is 3.52. The quantitative estimate of drug-likeness (QED) is 0.918. The van der Waals surface area contributed by atoms with E-state index in [0.29, 0.717) is 0 Å². The van der Waals surface area contributed by atoms with Crippen molar-refractivity contribution in [2.75, 3.05) is 0 Å². The predicted molar refractivity (Wildman–Crippen MR) is 81.0 cm³/mol. The Hall–Kier alpha value is -2.32. The van der Waals surface area contributed by atoms with Gasteiger partial charge in [-0.1, -0.05) is 66.7 Å². The summed E-state index contributed by atoms with van der Waals surface area (Å²) in [5.74, 6) is 0.123. The third kappa shape index (κ3) is 2.51. The van der Waals surface area contributed by atoms with Crippen LogP contribution in [0.15, 0.2) is 84.7 Å². The van der Waals surface area contributed by atoms with E-state index in [1.54, 1.807) is 6.26 Å². The summed E-state index contributed by atoms with van der Waals surface area (Å²) in [7, 11) is 0. The van der Waals surface area contributed by atoms with Gasteiger partial charge >= 0.3 is 0 Å². The Kier molecular flexibility index (Phi) is 3.66. The van der Waals surface area contributed by atoms with Crippen LogP contribution in [0.3, 0.4) is 0 Å². The molecule has 2 N–H and O–H groups in total. The van der Waals surface area contributed by atoms with Gasteiger partial charge in [-0.25, -0.2) is 0 Å². The Morgan fingerprint density at radius 3 is 1.90 bits per heavy atom. The van der Waals surface area contributed by atoms with Crippen molar-refractivity contribution in [1.29, 1.82) is 0 Å². The summed E-state index contributed by atoms with van der Waals surface area (Å²) in [6, 6.07) is 20.8. The number of hydrogen-bond donors (Lipinski definition) is 1. The van der Waals surface area contributed by atoms with Gasteiger partial charge in [-0.15, -0.1) is 0 Å². The van der Waals surface area contributed by atoms with E-state index < -0.39 is 6.23 Å². The minimum atomic E-state index is -0.398. The van der Waals surface area contributed by atoms with Crippen molar-refractivity contribution in [2.45, 2.75) is 12.1 Å². The summed E-state index contributed by atoms with van der Waals surface area (Å²) in [6.45, 7) is 0. The monoisotopic (exact) mass is 263 g/mol. The van der Waals surface area contributed by atoms with E-state index in [9.17, 15) is 0 Å². The summed E-state index contributed by atoms with van der Waals surface area (Å²) in [5.41, 5.74) is 9.63. The second-order valence-electron chi connectivity index (χ2n) is 4.81. The standard InChI is InChI=1S/C18H17NO/c19-18-16(12-7-13-20-18)17(14-8-3-1-4-9-14)15-10-5-2-6-11-15/h1-13,17-18H,19H2. The van der Waals surface area contributed by atoms with Crippen molar-refractivity contribution in [2.24, 2.45) is 5.73 Å². The second kappa shape index (κ2) is 5.76. The number of allylic oxidation sites excluding steroid dienone is 2. The molecular weight excluding hydrogens is 246 g/mol. The van der Waals surface area contributed by atoms with Crippen molar-refractivity contribution in [3.05, 3.63) is 95.8 Å². The molecule has 2 heteroatoms. The van der Waals surface area contributed by atoms with Gasteiger partial charge in [0.05, 0.1) is 6.26 Å². The fourth-order valence-electron chi connectivity index (χ4n) is 2.58. The molecule has 0 bridgehead atoms. The summed E-state index contributed by atoms with van der Waals surface area (Å²) in [5, 5.41) is 0. The Morgan fingerprint density at radius 2 is 1.40 bits per heavy atom. The molecule has 0 spiro atoms. The average Bonchev–Trinajstić information content (AvgIpc) is 2.52. The maximum Gasteiger partial charge on any atom is 0.170 e. The molecule has 1 unspecified atom stereocenters.